The molecule has 0 atom stereocenters. The first kappa shape index (κ1) is 30.3. The number of barbiturate groups is 1. The average molecular weight is 640 g/mol. The summed E-state index contributed by atoms with van der Waals surface area (Å²) in [6, 6.07) is 13.7. The van der Waals surface area contributed by atoms with Crippen LogP contribution in [0.4, 0.5) is 20.6 Å². The predicted molar refractivity (Wildman–Crippen MR) is 157 cm³/mol. The van der Waals surface area contributed by atoms with Gasteiger partial charge in [0.1, 0.15) is 17.1 Å². The van der Waals surface area contributed by atoms with Crippen LogP contribution < -0.4 is 29.7 Å². The Morgan fingerprint density at radius 3 is 2.40 bits per heavy atom. The normalized spacial score (nSPS) is 14.0. The standard InChI is InChI=1S/C30H27BrFN3O7/c1-3-13-41-25-12-10-22(16-26(25)40-4-2)35-29(38)23(28(37)34-30(35)39)15-18-14-19(31)5-11-24(18)42-17-27(36)33-21-8-6-20(32)7-9-21/h5-12,14-16H,3-4,13,17H2,1-2H3,(H,33,36)(H,34,37,39)/b23-15+. The molecule has 0 spiro atoms. The molecule has 42 heavy (non-hydrogen) atoms. The van der Waals surface area contributed by atoms with E-state index in [-0.39, 0.29) is 17.0 Å². The summed E-state index contributed by atoms with van der Waals surface area (Å²) in [5.41, 5.74) is 0.517. The van der Waals surface area contributed by atoms with Gasteiger partial charge in [-0.25, -0.2) is 14.1 Å². The molecular weight excluding hydrogens is 613 g/mol. The Kier molecular flexibility index (Phi) is 9.92. The number of halogens is 2. The molecule has 0 saturated carbocycles. The van der Waals surface area contributed by atoms with Crippen LogP contribution in [0.2, 0.25) is 0 Å². The number of hydrogen-bond acceptors (Lipinski definition) is 7. The molecule has 5 amide bonds. The lowest BCUT2D eigenvalue weighted by atomic mass is 10.1. The third-order valence-corrected chi connectivity index (χ3v) is 6.30. The number of carbonyl (C=O) groups excluding carboxylic acids is 4. The number of hydrogen-bond donors (Lipinski definition) is 2. The lowest BCUT2D eigenvalue weighted by Gasteiger charge is -2.27. The molecule has 0 unspecified atom stereocenters. The first-order chi connectivity index (χ1) is 20.2. The zero-order valence-corrected chi connectivity index (χ0v) is 24.3. The van der Waals surface area contributed by atoms with Gasteiger partial charge in [-0.15, -0.1) is 0 Å². The minimum absolute atomic E-state index is 0.173. The Labute approximate surface area is 249 Å². The van der Waals surface area contributed by atoms with Gasteiger partial charge in [0, 0.05) is 21.8 Å². The third-order valence-electron chi connectivity index (χ3n) is 5.81. The Hall–Kier alpha value is -4.71. The Morgan fingerprint density at radius 2 is 1.69 bits per heavy atom. The molecule has 1 aliphatic heterocycles. The highest BCUT2D eigenvalue weighted by Crippen LogP contribution is 2.34. The number of benzene rings is 3. The van der Waals surface area contributed by atoms with Crippen LogP contribution >= 0.6 is 15.9 Å². The van der Waals surface area contributed by atoms with Crippen LogP contribution in [0.15, 0.2) is 70.7 Å². The van der Waals surface area contributed by atoms with Crippen molar-refractivity contribution < 1.29 is 37.8 Å². The molecule has 0 radical (unpaired) electrons. The Bertz CT molecular complexity index is 1540. The summed E-state index contributed by atoms with van der Waals surface area (Å²) < 4.78 is 30.8. The van der Waals surface area contributed by atoms with Crippen LogP contribution in [0.5, 0.6) is 17.2 Å². The summed E-state index contributed by atoms with van der Waals surface area (Å²) in [5.74, 6) is -1.72. The van der Waals surface area contributed by atoms with Gasteiger partial charge in [0.15, 0.2) is 18.1 Å². The summed E-state index contributed by atoms with van der Waals surface area (Å²) in [5, 5.41) is 4.77. The predicted octanol–water partition coefficient (Wildman–Crippen LogP) is 5.46. The fourth-order valence-corrected chi connectivity index (χ4v) is 4.30. The van der Waals surface area contributed by atoms with Crippen LogP contribution in [0.25, 0.3) is 6.08 Å². The summed E-state index contributed by atoms with van der Waals surface area (Å²) in [7, 11) is 0. The monoisotopic (exact) mass is 639 g/mol. The fourth-order valence-electron chi connectivity index (χ4n) is 3.92. The van der Waals surface area contributed by atoms with E-state index in [1.807, 2.05) is 6.92 Å². The highest BCUT2D eigenvalue weighted by molar-refractivity contribution is 9.10. The molecule has 1 fully saturated rings. The first-order valence-corrected chi connectivity index (χ1v) is 13.8. The van der Waals surface area contributed by atoms with Gasteiger partial charge in [-0.1, -0.05) is 22.9 Å². The van der Waals surface area contributed by atoms with Crippen LogP contribution in [0, 0.1) is 5.82 Å². The van der Waals surface area contributed by atoms with Crippen molar-refractivity contribution in [3.63, 3.8) is 0 Å². The van der Waals surface area contributed by atoms with Crippen LogP contribution in [-0.4, -0.2) is 43.6 Å². The molecule has 0 bridgehead atoms. The van der Waals surface area contributed by atoms with Crippen molar-refractivity contribution in [3.8, 4) is 17.2 Å². The summed E-state index contributed by atoms with van der Waals surface area (Å²) in [6.45, 7) is 4.12. The highest BCUT2D eigenvalue weighted by Gasteiger charge is 2.37. The Balaban J connectivity index is 1.59. The van der Waals surface area contributed by atoms with E-state index in [0.717, 1.165) is 11.3 Å². The number of urea groups is 1. The van der Waals surface area contributed by atoms with Crippen molar-refractivity contribution in [2.75, 3.05) is 30.0 Å². The number of ether oxygens (including phenoxy) is 3. The van der Waals surface area contributed by atoms with Crippen molar-refractivity contribution in [2.24, 2.45) is 0 Å². The van der Waals surface area contributed by atoms with Gasteiger partial charge in [0.2, 0.25) is 0 Å². The van der Waals surface area contributed by atoms with E-state index in [1.54, 1.807) is 31.2 Å². The molecule has 0 aliphatic carbocycles. The van der Waals surface area contributed by atoms with Gasteiger partial charge >= 0.3 is 6.03 Å². The molecule has 0 aromatic heterocycles. The van der Waals surface area contributed by atoms with Crippen molar-refractivity contribution in [3.05, 3.63) is 82.1 Å². The van der Waals surface area contributed by atoms with Crippen molar-refractivity contribution in [1.29, 1.82) is 0 Å². The third kappa shape index (κ3) is 7.32. The Morgan fingerprint density at radius 1 is 0.952 bits per heavy atom. The van der Waals surface area contributed by atoms with E-state index in [0.29, 0.717) is 40.4 Å². The maximum absolute atomic E-state index is 13.5. The maximum Gasteiger partial charge on any atom is 0.335 e. The van der Waals surface area contributed by atoms with E-state index >= 15 is 0 Å². The molecule has 1 aliphatic rings. The van der Waals surface area contributed by atoms with Gasteiger partial charge < -0.3 is 19.5 Å². The van der Waals surface area contributed by atoms with Crippen molar-refractivity contribution >= 4 is 57.1 Å². The smallest absolute Gasteiger partial charge is 0.335 e. The van der Waals surface area contributed by atoms with E-state index in [9.17, 15) is 23.6 Å². The molecule has 2 N–H and O–H groups in total. The van der Waals surface area contributed by atoms with Crippen molar-refractivity contribution in [1.82, 2.24) is 5.32 Å². The molecule has 218 valence electrons. The minimum atomic E-state index is -0.921. The summed E-state index contributed by atoms with van der Waals surface area (Å²) in [4.78, 5) is 52.3. The number of anilines is 2. The quantitative estimate of drug-likeness (QED) is 0.211. The van der Waals surface area contributed by atoms with Crippen LogP contribution in [-0.2, 0) is 14.4 Å². The van der Waals surface area contributed by atoms with Gasteiger partial charge in [-0.3, -0.25) is 19.7 Å². The molecular formula is C30H27BrFN3O7. The van der Waals surface area contributed by atoms with Crippen LogP contribution in [0.1, 0.15) is 25.8 Å². The van der Waals surface area contributed by atoms with E-state index in [1.165, 1.54) is 42.5 Å². The number of nitrogens with one attached hydrogen (secondary N) is 2. The molecule has 4 rings (SSSR count). The summed E-state index contributed by atoms with van der Waals surface area (Å²) >= 11 is 3.36. The van der Waals surface area contributed by atoms with Gasteiger partial charge in [0.05, 0.1) is 18.9 Å². The van der Waals surface area contributed by atoms with E-state index < -0.39 is 36.2 Å². The molecule has 1 saturated heterocycles. The van der Waals surface area contributed by atoms with E-state index in [2.05, 4.69) is 26.6 Å². The zero-order chi connectivity index (χ0) is 30.2. The largest absolute Gasteiger partial charge is 0.490 e. The number of rotatable bonds is 11. The maximum atomic E-state index is 13.5. The zero-order valence-electron chi connectivity index (χ0n) is 22.7. The summed E-state index contributed by atoms with van der Waals surface area (Å²) in [6.07, 6.45) is 2.05. The molecule has 3 aromatic carbocycles. The number of amides is 5. The second-order valence-corrected chi connectivity index (χ2v) is 9.81. The number of nitrogens with zero attached hydrogens (tertiary/aromatic N) is 1. The molecule has 3 aromatic rings. The second-order valence-electron chi connectivity index (χ2n) is 8.90. The van der Waals surface area contributed by atoms with Crippen LogP contribution in [0.3, 0.4) is 0 Å². The lowest BCUT2D eigenvalue weighted by Crippen LogP contribution is -2.54. The topological polar surface area (TPSA) is 123 Å². The molecule has 12 heteroatoms. The van der Waals surface area contributed by atoms with Gasteiger partial charge in [0.25, 0.3) is 17.7 Å². The lowest BCUT2D eigenvalue weighted by molar-refractivity contribution is -0.122. The number of imide groups is 2. The highest BCUT2D eigenvalue weighted by atomic mass is 79.9. The van der Waals surface area contributed by atoms with Crippen molar-refractivity contribution in [2.45, 2.75) is 20.3 Å². The van der Waals surface area contributed by atoms with Gasteiger partial charge in [-0.05, 0) is 74.0 Å². The second kappa shape index (κ2) is 13.8. The SMILES string of the molecule is CCCOc1ccc(N2C(=O)NC(=O)/C(=C\c3cc(Br)ccc3OCC(=O)Nc3ccc(F)cc3)C2=O)cc1OCC. The first-order valence-electron chi connectivity index (χ1n) is 13.0. The van der Waals surface area contributed by atoms with Gasteiger partial charge in [-0.2, -0.15) is 0 Å². The fraction of sp³-hybridized carbons (Fsp3) is 0.200. The van der Waals surface area contributed by atoms with E-state index in [4.69, 9.17) is 14.2 Å². The molecule has 1 heterocycles. The molecule has 10 nitrogen and oxygen atoms in total. The average Bonchev–Trinajstić information content (AvgIpc) is 2.95. The minimum Gasteiger partial charge on any atom is -0.490 e. The number of carbonyl (C=O) groups is 4.